The molecule has 1 aromatic carbocycles. The molecule has 162 valence electrons. The lowest BCUT2D eigenvalue weighted by atomic mass is 9.43. The summed E-state index contributed by atoms with van der Waals surface area (Å²) in [6.45, 7) is 9.61. The van der Waals surface area contributed by atoms with Crippen molar-refractivity contribution >= 4 is 16.9 Å². The van der Waals surface area contributed by atoms with E-state index in [1.165, 1.54) is 12.8 Å². The summed E-state index contributed by atoms with van der Waals surface area (Å²) in [6.07, 6.45) is 4.95. The third-order valence-electron chi connectivity index (χ3n) is 8.62. The first-order valence-corrected chi connectivity index (χ1v) is 11.8. The van der Waals surface area contributed by atoms with Crippen LogP contribution in [0.1, 0.15) is 58.3 Å². The van der Waals surface area contributed by atoms with Crippen LogP contribution >= 0.6 is 0 Å². The first kappa shape index (κ1) is 20.0. The normalized spacial score (nSPS) is 30.8. The van der Waals surface area contributed by atoms with Crippen molar-refractivity contribution < 1.29 is 9.53 Å². The van der Waals surface area contributed by atoms with Gasteiger partial charge in [-0.15, -0.1) is 0 Å². The van der Waals surface area contributed by atoms with Crippen molar-refractivity contribution in [2.24, 2.45) is 29.1 Å². The molecule has 1 aliphatic heterocycles. The average Bonchev–Trinajstić information content (AvgIpc) is 3.10. The third-order valence-corrected chi connectivity index (χ3v) is 8.62. The summed E-state index contributed by atoms with van der Waals surface area (Å²) in [7, 11) is 0. The van der Waals surface area contributed by atoms with Crippen LogP contribution in [-0.4, -0.2) is 35.2 Å². The fourth-order valence-electron chi connectivity index (χ4n) is 6.55. The number of rotatable bonds is 5. The Hall–Kier alpha value is -1.88. The van der Waals surface area contributed by atoms with Gasteiger partial charge in [-0.2, -0.15) is 0 Å². The van der Waals surface area contributed by atoms with Gasteiger partial charge in [0.25, 0.3) is 0 Å². The van der Waals surface area contributed by atoms with E-state index >= 15 is 0 Å². The number of hydrogen-bond acceptors (Lipinski definition) is 3. The van der Waals surface area contributed by atoms with E-state index in [0.717, 1.165) is 61.3 Å². The van der Waals surface area contributed by atoms with Gasteiger partial charge < -0.3 is 14.6 Å². The van der Waals surface area contributed by atoms with E-state index in [1.54, 1.807) is 0 Å². The topological polar surface area (TPSA) is 56.2 Å². The van der Waals surface area contributed by atoms with Crippen LogP contribution in [0.15, 0.2) is 24.3 Å². The summed E-state index contributed by atoms with van der Waals surface area (Å²) in [5.41, 5.74) is 2.61. The number of benzene rings is 1. The minimum absolute atomic E-state index is 0.101. The maximum absolute atomic E-state index is 12.9. The van der Waals surface area contributed by atoms with Crippen molar-refractivity contribution in [3.8, 4) is 0 Å². The summed E-state index contributed by atoms with van der Waals surface area (Å²) in [6, 6.07) is 8.61. The summed E-state index contributed by atoms with van der Waals surface area (Å²) < 4.78 is 7.86. The van der Waals surface area contributed by atoms with Crippen LogP contribution in [-0.2, 0) is 16.0 Å². The quantitative estimate of drug-likeness (QED) is 0.798. The second-order valence-corrected chi connectivity index (χ2v) is 10.4. The summed E-state index contributed by atoms with van der Waals surface area (Å²) in [5.74, 6) is 3.94. The SMILES string of the molecule is C[C@H]1C(CNC(=O)Cc2nc3ccccc3n2C2CCOCC2)C[C@@H]2C[C@H]1C2(C)C. The van der Waals surface area contributed by atoms with E-state index in [-0.39, 0.29) is 5.91 Å². The molecule has 1 saturated heterocycles. The van der Waals surface area contributed by atoms with E-state index in [4.69, 9.17) is 9.72 Å². The predicted molar refractivity (Wildman–Crippen MR) is 118 cm³/mol. The van der Waals surface area contributed by atoms with Gasteiger partial charge in [0.2, 0.25) is 5.91 Å². The predicted octanol–water partition coefficient (Wildman–Crippen LogP) is 4.36. The zero-order valence-electron chi connectivity index (χ0n) is 18.6. The molecule has 0 spiro atoms. The van der Waals surface area contributed by atoms with Gasteiger partial charge in [0.1, 0.15) is 5.82 Å². The van der Waals surface area contributed by atoms with Gasteiger partial charge in [-0.3, -0.25) is 4.79 Å². The Labute approximate surface area is 179 Å². The molecule has 3 aliphatic carbocycles. The lowest BCUT2D eigenvalue weighted by Crippen LogP contribution is -2.56. The highest BCUT2D eigenvalue weighted by molar-refractivity contribution is 5.81. The number of fused-ring (bicyclic) bond motifs is 3. The summed E-state index contributed by atoms with van der Waals surface area (Å²) in [4.78, 5) is 17.7. The number of para-hydroxylation sites is 2. The van der Waals surface area contributed by atoms with Crippen molar-refractivity contribution in [3.63, 3.8) is 0 Å². The lowest BCUT2D eigenvalue weighted by Gasteiger charge is -2.62. The van der Waals surface area contributed by atoms with E-state index in [2.05, 4.69) is 42.8 Å². The number of ether oxygens (including phenoxy) is 1. The van der Waals surface area contributed by atoms with Crippen LogP contribution in [0.3, 0.4) is 0 Å². The molecule has 2 bridgehead atoms. The minimum atomic E-state index is 0.101. The molecule has 3 saturated carbocycles. The second-order valence-electron chi connectivity index (χ2n) is 10.4. The standard InChI is InChI=1S/C25H35N3O2/c1-16-17(12-18-13-20(16)25(18,2)3)15-26-24(29)14-23-27-21-6-4-5-7-22(21)28(23)19-8-10-30-11-9-19/h4-7,16-20H,8-15H2,1-3H3,(H,26,29)/t16-,17?,18+,20+/m0/s1. The molecule has 1 amide bonds. The molecule has 30 heavy (non-hydrogen) atoms. The molecule has 2 aromatic rings. The third kappa shape index (κ3) is 3.35. The van der Waals surface area contributed by atoms with Crippen molar-refractivity contribution in [1.82, 2.24) is 14.9 Å². The number of hydrogen-bond donors (Lipinski definition) is 1. The molecule has 6 rings (SSSR count). The van der Waals surface area contributed by atoms with Crippen molar-refractivity contribution in [2.75, 3.05) is 19.8 Å². The molecule has 1 unspecified atom stereocenters. The number of imidazole rings is 1. The molecule has 5 heteroatoms. The summed E-state index contributed by atoms with van der Waals surface area (Å²) >= 11 is 0. The van der Waals surface area contributed by atoms with Crippen LogP contribution in [0.5, 0.6) is 0 Å². The zero-order valence-corrected chi connectivity index (χ0v) is 18.6. The highest BCUT2D eigenvalue weighted by atomic mass is 16.5. The molecular formula is C25H35N3O2. The number of aromatic nitrogens is 2. The van der Waals surface area contributed by atoms with Gasteiger partial charge in [0.05, 0.1) is 17.5 Å². The van der Waals surface area contributed by atoms with Crippen LogP contribution in [0, 0.1) is 29.1 Å². The fraction of sp³-hybridized carbons (Fsp3) is 0.680. The van der Waals surface area contributed by atoms with E-state index in [9.17, 15) is 4.79 Å². The number of amides is 1. The Kier molecular flexibility index (Phi) is 5.12. The average molecular weight is 410 g/mol. The maximum atomic E-state index is 12.9. The number of nitrogens with one attached hydrogen (secondary N) is 1. The first-order valence-electron chi connectivity index (χ1n) is 11.8. The lowest BCUT2D eigenvalue weighted by molar-refractivity contribution is -0.132. The molecule has 4 atom stereocenters. The minimum Gasteiger partial charge on any atom is -0.381 e. The zero-order chi connectivity index (χ0) is 20.9. The van der Waals surface area contributed by atoms with Gasteiger partial charge in [-0.25, -0.2) is 4.98 Å². The Bertz CT molecular complexity index is 928. The van der Waals surface area contributed by atoms with Gasteiger partial charge in [0.15, 0.2) is 0 Å². The monoisotopic (exact) mass is 409 g/mol. The number of carbonyl (C=O) groups is 1. The molecular weight excluding hydrogens is 374 g/mol. The van der Waals surface area contributed by atoms with Crippen molar-refractivity contribution in [1.29, 1.82) is 0 Å². The fourth-order valence-corrected chi connectivity index (χ4v) is 6.55. The van der Waals surface area contributed by atoms with Gasteiger partial charge in [-0.05, 0) is 66.9 Å². The molecule has 4 aliphatic rings. The highest BCUT2D eigenvalue weighted by Crippen LogP contribution is 2.62. The Morgan fingerprint density at radius 3 is 2.73 bits per heavy atom. The summed E-state index contributed by atoms with van der Waals surface area (Å²) in [5, 5.41) is 3.26. The van der Waals surface area contributed by atoms with E-state index in [0.29, 0.717) is 29.7 Å². The van der Waals surface area contributed by atoms with E-state index in [1.807, 2.05) is 12.1 Å². The number of carbonyl (C=O) groups excluding carboxylic acids is 1. The Balaban J connectivity index is 1.27. The van der Waals surface area contributed by atoms with Gasteiger partial charge in [-0.1, -0.05) is 32.9 Å². The molecule has 5 nitrogen and oxygen atoms in total. The van der Waals surface area contributed by atoms with Crippen LogP contribution in [0.2, 0.25) is 0 Å². The Morgan fingerprint density at radius 1 is 1.23 bits per heavy atom. The molecule has 2 heterocycles. The second kappa shape index (κ2) is 7.67. The highest BCUT2D eigenvalue weighted by Gasteiger charge is 2.55. The largest absolute Gasteiger partial charge is 0.381 e. The number of nitrogens with zero attached hydrogens (tertiary/aromatic N) is 2. The van der Waals surface area contributed by atoms with Crippen LogP contribution < -0.4 is 5.32 Å². The van der Waals surface area contributed by atoms with Crippen molar-refractivity contribution in [2.45, 2.75) is 58.9 Å². The maximum Gasteiger partial charge on any atom is 0.227 e. The Morgan fingerprint density at radius 2 is 2.00 bits per heavy atom. The van der Waals surface area contributed by atoms with Crippen molar-refractivity contribution in [3.05, 3.63) is 30.1 Å². The molecule has 4 fully saturated rings. The molecule has 1 N–H and O–H groups in total. The smallest absolute Gasteiger partial charge is 0.227 e. The molecule has 1 aromatic heterocycles. The van der Waals surface area contributed by atoms with Crippen LogP contribution in [0.25, 0.3) is 11.0 Å². The van der Waals surface area contributed by atoms with E-state index < -0.39 is 0 Å². The molecule has 0 radical (unpaired) electrons. The van der Waals surface area contributed by atoms with Gasteiger partial charge >= 0.3 is 0 Å². The first-order chi connectivity index (χ1) is 14.4. The van der Waals surface area contributed by atoms with Crippen LogP contribution in [0.4, 0.5) is 0 Å². The van der Waals surface area contributed by atoms with Gasteiger partial charge in [0, 0.05) is 25.8 Å².